The van der Waals surface area contributed by atoms with Crippen molar-refractivity contribution in [3.05, 3.63) is 198 Å². The minimum absolute atomic E-state index is 0.654. The van der Waals surface area contributed by atoms with Crippen molar-refractivity contribution in [2.24, 2.45) is 0 Å². The molecule has 2 heterocycles. The molecule has 5 aromatic carbocycles. The zero-order valence-electron chi connectivity index (χ0n) is 35.5. The van der Waals surface area contributed by atoms with Crippen LogP contribution in [-0.4, -0.2) is 17.0 Å². The number of para-hydroxylation sites is 2. The van der Waals surface area contributed by atoms with Crippen LogP contribution >= 0.6 is 0 Å². The van der Waals surface area contributed by atoms with E-state index in [1.165, 1.54) is 27.5 Å². The van der Waals surface area contributed by atoms with Crippen LogP contribution in [0.3, 0.4) is 0 Å². The summed E-state index contributed by atoms with van der Waals surface area (Å²) in [6, 6.07) is 29.5. The first kappa shape index (κ1) is 41.1. The summed E-state index contributed by atoms with van der Waals surface area (Å²) in [7, 11) is 2.16. The summed E-state index contributed by atoms with van der Waals surface area (Å²) >= 11 is 0. The molecular formula is C56H53N3O. The average molecular weight is 784 g/mol. The van der Waals surface area contributed by atoms with Gasteiger partial charge in [0, 0.05) is 41.9 Å². The highest BCUT2D eigenvalue weighted by molar-refractivity contribution is 6.05. The Balaban J connectivity index is 0.00000268. The molecule has 4 nitrogen and oxygen atoms in total. The third-order valence-corrected chi connectivity index (χ3v) is 10.8. The molecule has 0 saturated heterocycles. The van der Waals surface area contributed by atoms with Crippen molar-refractivity contribution in [2.75, 3.05) is 11.9 Å². The van der Waals surface area contributed by atoms with Crippen molar-refractivity contribution >= 4 is 74.4 Å². The van der Waals surface area contributed by atoms with Gasteiger partial charge in [0.05, 0.1) is 28.7 Å². The standard InChI is InChI=1S/C54H47N3O.C2H6/c1-6-10-14-22-40-36-58-51-34-41(29-33-43(40)51)57(5)35-48-44(23-12-8-3)46-31-26-37(19-11-7-2)42(9-4)52(46)47-32-28-39(27-30-45(47)48)54-53(38-20-15-13-16-21-38)55-49-24-17-18-25-50(49)56-54;1-2/h6,8-31,33-34,36H,3-4,7,32,35H2,1-2,5H3;1-2H3/b10-6-,19-11-,22-14-,23-12-;. The van der Waals surface area contributed by atoms with Gasteiger partial charge in [-0.3, -0.25) is 0 Å². The lowest BCUT2D eigenvalue weighted by Gasteiger charge is -2.26. The van der Waals surface area contributed by atoms with Gasteiger partial charge in [0.25, 0.3) is 0 Å². The van der Waals surface area contributed by atoms with Crippen LogP contribution in [0.1, 0.15) is 78.8 Å². The van der Waals surface area contributed by atoms with E-state index < -0.39 is 0 Å². The zero-order chi connectivity index (χ0) is 42.0. The molecule has 0 amide bonds. The van der Waals surface area contributed by atoms with Crippen LogP contribution in [0.5, 0.6) is 0 Å². The SMILES string of the molecule is C=C/C=C\c1c(CN(C)c2ccc3c(/C=C\C=C/C)coc3c2)c2c(c3c(C=C)c(/C=C\CC)ccc13)CC=C(c1nc3ccccc3nc1-c1ccccc1)C=C2.CC. The Labute approximate surface area is 355 Å². The molecule has 2 aromatic heterocycles. The van der Waals surface area contributed by atoms with E-state index >= 15 is 0 Å². The third kappa shape index (κ3) is 8.28. The van der Waals surface area contributed by atoms with E-state index in [9.17, 15) is 0 Å². The highest BCUT2D eigenvalue weighted by atomic mass is 16.3. The number of aromatic nitrogens is 2. The van der Waals surface area contributed by atoms with Gasteiger partial charge in [-0.2, -0.15) is 0 Å². The van der Waals surface area contributed by atoms with Crippen LogP contribution in [0.15, 0.2) is 157 Å². The second-order valence-electron chi connectivity index (χ2n) is 14.5. The Hall–Kier alpha value is -7.04. The van der Waals surface area contributed by atoms with Crippen LogP contribution < -0.4 is 4.90 Å². The maximum atomic E-state index is 6.08. The Morgan fingerprint density at radius 3 is 2.25 bits per heavy atom. The van der Waals surface area contributed by atoms with E-state index in [0.29, 0.717) is 13.0 Å². The summed E-state index contributed by atoms with van der Waals surface area (Å²) in [5.41, 5.74) is 15.7. The van der Waals surface area contributed by atoms with Gasteiger partial charge in [-0.05, 0) is 93.8 Å². The molecule has 0 fully saturated rings. The molecule has 8 rings (SSSR count). The van der Waals surface area contributed by atoms with Crippen molar-refractivity contribution in [2.45, 2.75) is 47.1 Å². The molecule has 4 heteroatoms. The average Bonchev–Trinajstić information content (AvgIpc) is 3.57. The fraction of sp³-hybridized carbons (Fsp3) is 0.143. The molecule has 0 N–H and O–H groups in total. The predicted octanol–water partition coefficient (Wildman–Crippen LogP) is 15.4. The van der Waals surface area contributed by atoms with Gasteiger partial charge in [-0.15, -0.1) is 0 Å². The second kappa shape index (κ2) is 19.1. The van der Waals surface area contributed by atoms with E-state index in [0.717, 1.165) is 78.9 Å². The van der Waals surface area contributed by atoms with Crippen LogP contribution in [0.2, 0.25) is 0 Å². The van der Waals surface area contributed by atoms with Gasteiger partial charge in [-0.1, -0.05) is 168 Å². The third-order valence-electron chi connectivity index (χ3n) is 10.8. The second-order valence-corrected chi connectivity index (χ2v) is 14.5. The number of benzene rings is 5. The predicted molar refractivity (Wildman–Crippen MR) is 262 cm³/mol. The van der Waals surface area contributed by atoms with Gasteiger partial charge >= 0.3 is 0 Å². The maximum absolute atomic E-state index is 6.08. The molecule has 0 saturated carbocycles. The topological polar surface area (TPSA) is 42.2 Å². The highest BCUT2D eigenvalue weighted by Gasteiger charge is 2.23. The Morgan fingerprint density at radius 1 is 0.767 bits per heavy atom. The fourth-order valence-electron chi connectivity index (χ4n) is 7.99. The van der Waals surface area contributed by atoms with Crippen molar-refractivity contribution in [3.8, 4) is 11.3 Å². The summed E-state index contributed by atoms with van der Waals surface area (Å²) < 4.78 is 6.08. The summed E-state index contributed by atoms with van der Waals surface area (Å²) in [6.07, 6.45) is 31.1. The number of rotatable bonds is 12. The summed E-state index contributed by atoms with van der Waals surface area (Å²) in [4.78, 5) is 12.8. The molecule has 0 radical (unpaired) electrons. The molecule has 1 aliphatic carbocycles. The Kier molecular flexibility index (Phi) is 13.1. The minimum Gasteiger partial charge on any atom is -0.464 e. The van der Waals surface area contributed by atoms with E-state index in [1.807, 2.05) is 93.8 Å². The molecule has 7 aromatic rings. The van der Waals surface area contributed by atoms with Gasteiger partial charge in [0.2, 0.25) is 0 Å². The molecule has 0 spiro atoms. The van der Waals surface area contributed by atoms with Crippen LogP contribution in [0, 0.1) is 0 Å². The minimum atomic E-state index is 0.654. The lowest BCUT2D eigenvalue weighted by molar-refractivity contribution is 0.615. The first-order valence-corrected chi connectivity index (χ1v) is 21.0. The smallest absolute Gasteiger partial charge is 0.136 e. The zero-order valence-corrected chi connectivity index (χ0v) is 35.5. The van der Waals surface area contributed by atoms with Gasteiger partial charge < -0.3 is 9.32 Å². The molecule has 0 atom stereocenters. The van der Waals surface area contributed by atoms with E-state index in [4.69, 9.17) is 14.4 Å². The van der Waals surface area contributed by atoms with Crippen molar-refractivity contribution in [1.82, 2.24) is 9.97 Å². The quantitative estimate of drug-likeness (QED) is 0.116. The Bertz CT molecular complexity index is 2880. The molecule has 298 valence electrons. The monoisotopic (exact) mass is 783 g/mol. The Morgan fingerprint density at radius 2 is 1.52 bits per heavy atom. The number of furan rings is 1. The summed E-state index contributed by atoms with van der Waals surface area (Å²) in [5.74, 6) is 0. The normalized spacial score (nSPS) is 12.7. The first-order valence-electron chi connectivity index (χ1n) is 21.0. The maximum Gasteiger partial charge on any atom is 0.136 e. The molecule has 0 aliphatic heterocycles. The molecule has 60 heavy (non-hydrogen) atoms. The van der Waals surface area contributed by atoms with Crippen molar-refractivity contribution < 1.29 is 4.42 Å². The van der Waals surface area contributed by atoms with Crippen molar-refractivity contribution in [1.29, 1.82) is 0 Å². The van der Waals surface area contributed by atoms with Gasteiger partial charge in [0.15, 0.2) is 0 Å². The van der Waals surface area contributed by atoms with Crippen molar-refractivity contribution in [3.63, 3.8) is 0 Å². The van der Waals surface area contributed by atoms with E-state index in [1.54, 1.807) is 0 Å². The molecule has 0 unspecified atom stereocenters. The van der Waals surface area contributed by atoms with Crippen LogP contribution in [0.4, 0.5) is 5.69 Å². The van der Waals surface area contributed by atoms with Gasteiger partial charge in [0.1, 0.15) is 5.58 Å². The summed E-state index contributed by atoms with van der Waals surface area (Å²) in [5, 5.41) is 3.48. The highest BCUT2D eigenvalue weighted by Crippen LogP contribution is 2.41. The lowest BCUT2D eigenvalue weighted by atomic mass is 9.84. The van der Waals surface area contributed by atoms with Crippen LogP contribution in [-0.2, 0) is 13.0 Å². The number of hydrogen-bond donors (Lipinski definition) is 0. The summed E-state index contributed by atoms with van der Waals surface area (Å²) in [6.45, 7) is 17.3. The van der Waals surface area contributed by atoms with E-state index in [2.05, 4.69) is 129 Å². The fourth-order valence-corrected chi connectivity index (χ4v) is 7.99. The first-order chi connectivity index (χ1) is 29.5. The number of hydrogen-bond acceptors (Lipinski definition) is 4. The number of anilines is 1. The van der Waals surface area contributed by atoms with Crippen LogP contribution in [0.25, 0.3) is 80.0 Å². The number of nitrogens with zero attached hydrogens (tertiary/aromatic N) is 3. The number of allylic oxidation sites excluding steroid dienone is 9. The lowest BCUT2D eigenvalue weighted by Crippen LogP contribution is -2.19. The molecule has 0 bridgehead atoms. The van der Waals surface area contributed by atoms with Gasteiger partial charge in [-0.25, -0.2) is 9.97 Å². The van der Waals surface area contributed by atoms with E-state index in [-0.39, 0.29) is 0 Å². The molecular weight excluding hydrogens is 731 g/mol. The largest absolute Gasteiger partial charge is 0.464 e. The number of fused-ring (bicyclic) bond motifs is 5. The molecule has 1 aliphatic rings.